The van der Waals surface area contributed by atoms with E-state index in [0.29, 0.717) is 18.1 Å². The molecule has 0 aliphatic rings. The summed E-state index contributed by atoms with van der Waals surface area (Å²) in [4.78, 5) is 39.3. The summed E-state index contributed by atoms with van der Waals surface area (Å²) in [5.41, 5.74) is 4.10. The van der Waals surface area contributed by atoms with Crippen LogP contribution in [0.15, 0.2) is 80.8 Å². The van der Waals surface area contributed by atoms with Crippen molar-refractivity contribution in [3.63, 3.8) is 0 Å². The normalized spacial score (nSPS) is 10.5. The maximum absolute atomic E-state index is 12.0. The molecule has 11 heteroatoms. The second-order valence-corrected chi connectivity index (χ2v) is 8.73. The van der Waals surface area contributed by atoms with Crippen molar-refractivity contribution in [2.24, 2.45) is 0 Å². The second-order valence-electron chi connectivity index (χ2n) is 8.73. The van der Waals surface area contributed by atoms with Crippen molar-refractivity contribution >= 4 is 5.91 Å². The van der Waals surface area contributed by atoms with Gasteiger partial charge in [0.1, 0.15) is 18.1 Å². The van der Waals surface area contributed by atoms with E-state index in [0.717, 1.165) is 32.6 Å². The number of aliphatic hydroxyl groups excluding tert-OH is 1. The van der Waals surface area contributed by atoms with Crippen molar-refractivity contribution < 1.29 is 75.3 Å². The number of carbonyl (C=O) groups is 1. The molecular weight excluding hydrogens is 529 g/mol. The van der Waals surface area contributed by atoms with Crippen molar-refractivity contribution in [1.82, 2.24) is 14.6 Å². The van der Waals surface area contributed by atoms with Crippen LogP contribution in [0.5, 0.6) is 11.5 Å². The average Bonchev–Trinajstić information content (AvgIpc) is 3.23. The number of rotatable bonds is 11. The number of hydrogen-bond donors (Lipinski definition) is 1. The van der Waals surface area contributed by atoms with E-state index < -0.39 is 11.4 Å². The molecule has 0 bridgehead atoms. The van der Waals surface area contributed by atoms with Gasteiger partial charge in [0.05, 0.1) is 6.61 Å². The molecule has 198 valence electrons. The molecule has 1 N–H and O–H groups in total. The number of aliphatic hydroxyl groups is 1. The van der Waals surface area contributed by atoms with E-state index in [2.05, 4.69) is 11.1 Å². The number of likely N-dealkylation sites (N-methyl/N-ethyl adjacent to an activating group) is 1. The van der Waals surface area contributed by atoms with E-state index in [1.165, 1.54) is 4.90 Å². The Balaban J connectivity index is 0.00000420. The van der Waals surface area contributed by atoms with Crippen LogP contribution in [-0.4, -0.2) is 47.5 Å². The predicted octanol–water partition coefficient (Wildman–Crippen LogP) is -0.805. The molecule has 4 aromatic rings. The Kier molecular flexibility index (Phi) is 11.3. The summed E-state index contributed by atoms with van der Waals surface area (Å²) < 4.78 is 17.2. The van der Waals surface area contributed by atoms with Crippen molar-refractivity contribution in [3.8, 4) is 22.6 Å². The third kappa shape index (κ3) is 8.52. The first-order chi connectivity index (χ1) is 18.3. The largest absolute Gasteiger partial charge is 1.00 e. The Morgan fingerprint density at radius 3 is 2.41 bits per heavy atom. The molecule has 0 aliphatic carbocycles. The Bertz CT molecular complexity index is 1510. The molecule has 0 radical (unpaired) electrons. The Hall–Kier alpha value is -2.93. The molecule has 4 rings (SSSR count). The summed E-state index contributed by atoms with van der Waals surface area (Å²) in [6.07, 6.45) is 0. The van der Waals surface area contributed by atoms with Crippen LogP contribution in [0.4, 0.5) is 0 Å². The number of aromatic nitrogens is 2. The van der Waals surface area contributed by atoms with Gasteiger partial charge in [-0.25, -0.2) is 4.79 Å². The predicted molar refractivity (Wildman–Crippen MR) is 139 cm³/mol. The summed E-state index contributed by atoms with van der Waals surface area (Å²) in [6, 6.07) is 20.9. The molecule has 0 saturated carbocycles. The number of ether oxygens (including phenoxy) is 2. The molecule has 1 amide bonds. The third-order valence-electron chi connectivity index (χ3n) is 5.90. The summed E-state index contributed by atoms with van der Waals surface area (Å²) in [5, 5.41) is 8.96. The zero-order chi connectivity index (χ0) is 27.1. The zero-order valence-corrected chi connectivity index (χ0v) is 25.2. The Morgan fingerprint density at radius 2 is 1.74 bits per heavy atom. The number of hydrogen-bond acceptors (Lipinski definition) is 7. The van der Waals surface area contributed by atoms with Crippen molar-refractivity contribution in [3.05, 3.63) is 104 Å². The molecule has 0 atom stereocenters. The summed E-state index contributed by atoms with van der Waals surface area (Å²) in [6.45, 7) is 2.53. The van der Waals surface area contributed by atoms with E-state index >= 15 is 0 Å². The molecular formula is C28H28KN3O7. The molecule has 1 aromatic heterocycles. The third-order valence-corrected chi connectivity index (χ3v) is 5.90. The fourth-order valence-corrected chi connectivity index (χ4v) is 3.82. The SMILES string of the molecule is Cc1cc(OCC(=O)N(C)CCO)ccc1-c1cccc(COc2ccc(Cn3oc(=O)[n-]c3=O)cc2)c1.[K+]. The van der Waals surface area contributed by atoms with Gasteiger partial charge in [0.2, 0.25) is 0 Å². The smallest absolute Gasteiger partial charge is 0.489 e. The van der Waals surface area contributed by atoms with Gasteiger partial charge in [-0.2, -0.15) is 0 Å². The van der Waals surface area contributed by atoms with E-state index in [4.69, 9.17) is 19.1 Å². The van der Waals surface area contributed by atoms with Gasteiger partial charge in [-0.05, 0) is 65.1 Å². The molecule has 0 spiro atoms. The Labute approximate surface area is 267 Å². The van der Waals surface area contributed by atoms with Crippen LogP contribution in [-0.2, 0) is 17.9 Å². The van der Waals surface area contributed by atoms with Crippen LogP contribution < -0.4 is 77.3 Å². The molecule has 0 aliphatic heterocycles. The fraction of sp³-hybridized carbons (Fsp3) is 0.250. The standard InChI is InChI=1S/C28H29N3O7.K/c1-19-14-24(37-18-26(33)30(2)12-13-32)10-11-25(19)22-5-3-4-21(15-22)17-36-23-8-6-20(7-9-23)16-31-27(34)29-28(35)38-31;/h3-11,14-15,32H,12-13,16-18H2,1-2H3,(H,29,34,35);/q;+1/p-1. The monoisotopic (exact) mass is 557 g/mol. The van der Waals surface area contributed by atoms with Crippen LogP contribution in [0.25, 0.3) is 11.1 Å². The average molecular weight is 558 g/mol. The van der Waals surface area contributed by atoms with Gasteiger partial charge in [0, 0.05) is 20.1 Å². The number of benzene rings is 3. The summed E-state index contributed by atoms with van der Waals surface area (Å²) in [5.74, 6) is 0.143. The number of nitrogens with zero attached hydrogens (tertiary/aromatic N) is 3. The number of carbonyl (C=O) groups excluding carboxylic acids is 1. The molecule has 39 heavy (non-hydrogen) atoms. The number of amides is 1. The van der Waals surface area contributed by atoms with Crippen molar-refractivity contribution in [2.75, 3.05) is 26.8 Å². The molecule has 10 nitrogen and oxygen atoms in total. The van der Waals surface area contributed by atoms with Gasteiger partial charge in [-0.3, -0.25) is 14.3 Å². The molecule has 0 fully saturated rings. The van der Waals surface area contributed by atoms with Crippen molar-refractivity contribution in [2.45, 2.75) is 20.1 Å². The van der Waals surface area contributed by atoms with Crippen LogP contribution in [0, 0.1) is 6.92 Å². The van der Waals surface area contributed by atoms with E-state index in [1.807, 2.05) is 43.3 Å². The van der Waals surface area contributed by atoms with Gasteiger partial charge < -0.3 is 29.0 Å². The minimum Gasteiger partial charge on any atom is -0.489 e. The van der Waals surface area contributed by atoms with Crippen molar-refractivity contribution in [1.29, 1.82) is 0 Å². The van der Waals surface area contributed by atoms with Gasteiger partial charge >= 0.3 is 57.1 Å². The first kappa shape index (κ1) is 30.6. The van der Waals surface area contributed by atoms with E-state index in [1.54, 1.807) is 31.3 Å². The number of aryl methyl sites for hydroxylation is 1. The fourth-order valence-electron chi connectivity index (χ4n) is 3.82. The van der Waals surface area contributed by atoms with Gasteiger partial charge in [-0.1, -0.05) is 36.4 Å². The minimum absolute atomic E-state index is 0. The first-order valence-electron chi connectivity index (χ1n) is 12.0. The topological polar surface area (TPSA) is 125 Å². The maximum atomic E-state index is 12.0. The first-order valence-corrected chi connectivity index (χ1v) is 12.0. The molecule has 0 unspecified atom stereocenters. The minimum atomic E-state index is -0.911. The zero-order valence-electron chi connectivity index (χ0n) is 22.1. The second kappa shape index (κ2) is 14.5. The van der Waals surface area contributed by atoms with Crippen LogP contribution >= 0.6 is 0 Å². The van der Waals surface area contributed by atoms with Gasteiger partial charge in [-0.15, -0.1) is 0 Å². The van der Waals surface area contributed by atoms with Crippen LogP contribution in [0.3, 0.4) is 0 Å². The Morgan fingerprint density at radius 1 is 1.00 bits per heavy atom. The summed E-state index contributed by atoms with van der Waals surface area (Å²) in [7, 11) is 1.62. The van der Waals surface area contributed by atoms with Crippen LogP contribution in [0.2, 0.25) is 0 Å². The molecule has 1 heterocycles. The maximum Gasteiger partial charge on any atom is 1.00 e. The van der Waals surface area contributed by atoms with E-state index in [-0.39, 0.29) is 83.6 Å². The van der Waals surface area contributed by atoms with Gasteiger partial charge in [0.25, 0.3) is 5.91 Å². The molecule has 3 aromatic carbocycles. The quantitative estimate of drug-likeness (QED) is 0.238. The molecule has 0 saturated heterocycles. The van der Waals surface area contributed by atoms with E-state index in [9.17, 15) is 14.4 Å². The van der Waals surface area contributed by atoms with Crippen LogP contribution in [0.1, 0.15) is 16.7 Å². The van der Waals surface area contributed by atoms with Gasteiger partial charge in [0.15, 0.2) is 12.3 Å². The summed E-state index contributed by atoms with van der Waals surface area (Å²) >= 11 is 0.